The SMILES string of the molecule is O=C(O)C1(c2ccc(Cl)c([N+](=O)[O-])c2)CCCCC1. The molecule has 0 aromatic heterocycles. The van der Waals surface area contributed by atoms with E-state index in [2.05, 4.69) is 0 Å². The van der Waals surface area contributed by atoms with Gasteiger partial charge in [0.1, 0.15) is 5.02 Å². The van der Waals surface area contributed by atoms with Gasteiger partial charge in [-0.15, -0.1) is 0 Å². The quantitative estimate of drug-likeness (QED) is 0.679. The summed E-state index contributed by atoms with van der Waals surface area (Å²) in [5, 5.41) is 20.5. The van der Waals surface area contributed by atoms with Crippen molar-refractivity contribution in [3.63, 3.8) is 0 Å². The molecule has 6 heteroatoms. The molecule has 0 spiro atoms. The molecular formula is C13H14ClNO4. The van der Waals surface area contributed by atoms with E-state index in [4.69, 9.17) is 11.6 Å². The number of benzene rings is 1. The Kier molecular flexibility index (Phi) is 3.75. The number of nitrogens with zero attached hydrogens (tertiary/aromatic N) is 1. The number of hydrogen-bond donors (Lipinski definition) is 1. The van der Waals surface area contributed by atoms with Crippen LogP contribution in [0.2, 0.25) is 5.02 Å². The lowest BCUT2D eigenvalue weighted by molar-refractivity contribution is -0.384. The summed E-state index contributed by atoms with van der Waals surface area (Å²) in [7, 11) is 0. The van der Waals surface area contributed by atoms with Crippen LogP contribution in [0.4, 0.5) is 5.69 Å². The van der Waals surface area contributed by atoms with Gasteiger partial charge < -0.3 is 5.11 Å². The average molecular weight is 284 g/mol. The van der Waals surface area contributed by atoms with Crippen molar-refractivity contribution in [3.05, 3.63) is 38.9 Å². The zero-order valence-corrected chi connectivity index (χ0v) is 11.0. The second kappa shape index (κ2) is 5.17. The van der Waals surface area contributed by atoms with Gasteiger partial charge in [-0.2, -0.15) is 0 Å². The summed E-state index contributed by atoms with van der Waals surface area (Å²) in [6.07, 6.45) is 3.68. The van der Waals surface area contributed by atoms with Crippen LogP contribution in [0.5, 0.6) is 0 Å². The molecular weight excluding hydrogens is 270 g/mol. The van der Waals surface area contributed by atoms with Gasteiger partial charge in [0.05, 0.1) is 10.3 Å². The Hall–Kier alpha value is -1.62. The number of nitro benzene ring substituents is 1. The molecule has 0 heterocycles. The summed E-state index contributed by atoms with van der Waals surface area (Å²) in [6.45, 7) is 0. The summed E-state index contributed by atoms with van der Waals surface area (Å²) in [6, 6.07) is 4.31. The lowest BCUT2D eigenvalue weighted by atomic mass is 9.69. The first-order valence-corrected chi connectivity index (χ1v) is 6.53. The zero-order chi connectivity index (χ0) is 14.0. The van der Waals surface area contributed by atoms with Crippen LogP contribution in [0, 0.1) is 10.1 Å². The highest BCUT2D eigenvalue weighted by Gasteiger charge is 2.42. The number of halogens is 1. The molecule has 1 fully saturated rings. The molecule has 0 saturated heterocycles. The number of carboxylic acid groups (broad SMARTS) is 1. The Balaban J connectivity index is 2.51. The maximum absolute atomic E-state index is 11.6. The molecule has 1 aliphatic rings. The molecule has 0 unspecified atom stereocenters. The monoisotopic (exact) mass is 283 g/mol. The van der Waals surface area contributed by atoms with Gasteiger partial charge in [-0.05, 0) is 24.5 Å². The molecule has 0 radical (unpaired) electrons. The van der Waals surface area contributed by atoms with Crippen molar-refractivity contribution in [2.45, 2.75) is 37.5 Å². The van der Waals surface area contributed by atoms with Gasteiger partial charge in [-0.1, -0.05) is 36.9 Å². The van der Waals surface area contributed by atoms with Gasteiger partial charge in [-0.3, -0.25) is 14.9 Å². The van der Waals surface area contributed by atoms with Crippen molar-refractivity contribution >= 4 is 23.3 Å². The first-order chi connectivity index (χ1) is 8.97. The van der Waals surface area contributed by atoms with Crippen LogP contribution in [-0.2, 0) is 10.2 Å². The lowest BCUT2D eigenvalue weighted by Crippen LogP contribution is -2.37. The molecule has 0 amide bonds. The molecule has 0 bridgehead atoms. The van der Waals surface area contributed by atoms with Crippen LogP contribution < -0.4 is 0 Å². The van der Waals surface area contributed by atoms with E-state index >= 15 is 0 Å². The van der Waals surface area contributed by atoms with Crippen molar-refractivity contribution in [2.24, 2.45) is 0 Å². The Morgan fingerprint density at radius 3 is 2.47 bits per heavy atom. The molecule has 102 valence electrons. The van der Waals surface area contributed by atoms with E-state index in [0.29, 0.717) is 18.4 Å². The Morgan fingerprint density at radius 1 is 1.32 bits per heavy atom. The maximum Gasteiger partial charge on any atom is 0.314 e. The number of aliphatic carboxylic acids is 1. The molecule has 5 nitrogen and oxygen atoms in total. The van der Waals surface area contributed by atoms with Crippen molar-refractivity contribution in [1.29, 1.82) is 0 Å². The molecule has 19 heavy (non-hydrogen) atoms. The van der Waals surface area contributed by atoms with Crippen LogP contribution in [0.25, 0.3) is 0 Å². The largest absolute Gasteiger partial charge is 0.481 e. The molecule has 0 aliphatic heterocycles. The number of nitro groups is 1. The predicted octanol–water partition coefficient (Wildman–Crippen LogP) is 3.53. The van der Waals surface area contributed by atoms with Gasteiger partial charge in [-0.25, -0.2) is 0 Å². The topological polar surface area (TPSA) is 80.4 Å². The molecule has 1 aliphatic carbocycles. The van der Waals surface area contributed by atoms with E-state index in [-0.39, 0.29) is 10.7 Å². The number of carbonyl (C=O) groups is 1. The number of hydrogen-bond acceptors (Lipinski definition) is 3. The van der Waals surface area contributed by atoms with E-state index in [0.717, 1.165) is 19.3 Å². The summed E-state index contributed by atoms with van der Waals surface area (Å²) in [5.74, 6) is -0.913. The Bertz CT molecular complexity index is 523. The Morgan fingerprint density at radius 2 is 1.95 bits per heavy atom. The van der Waals surface area contributed by atoms with E-state index in [1.165, 1.54) is 12.1 Å². The zero-order valence-electron chi connectivity index (χ0n) is 10.3. The van der Waals surface area contributed by atoms with Gasteiger partial charge in [0, 0.05) is 6.07 Å². The second-order valence-electron chi connectivity index (χ2n) is 4.87. The number of carboxylic acids is 1. The third-order valence-corrected chi connectivity index (χ3v) is 4.13. The minimum absolute atomic E-state index is 0.0325. The average Bonchev–Trinajstić information content (AvgIpc) is 2.39. The minimum Gasteiger partial charge on any atom is -0.481 e. The fourth-order valence-electron chi connectivity index (χ4n) is 2.73. The molecule has 1 aromatic rings. The van der Waals surface area contributed by atoms with Gasteiger partial charge >= 0.3 is 5.97 Å². The van der Waals surface area contributed by atoms with Gasteiger partial charge in [0.2, 0.25) is 0 Å². The van der Waals surface area contributed by atoms with Crippen molar-refractivity contribution in [1.82, 2.24) is 0 Å². The van der Waals surface area contributed by atoms with Crippen molar-refractivity contribution in [3.8, 4) is 0 Å². The van der Waals surface area contributed by atoms with E-state index in [1.54, 1.807) is 6.07 Å². The van der Waals surface area contributed by atoms with Gasteiger partial charge in [0.25, 0.3) is 5.69 Å². The summed E-state index contributed by atoms with van der Waals surface area (Å²) in [5.41, 5.74) is -0.755. The first kappa shape index (κ1) is 13.8. The van der Waals surface area contributed by atoms with E-state index in [1.807, 2.05) is 0 Å². The third kappa shape index (κ3) is 2.42. The molecule has 2 rings (SSSR count). The van der Waals surface area contributed by atoms with Crippen molar-refractivity contribution < 1.29 is 14.8 Å². The highest BCUT2D eigenvalue weighted by atomic mass is 35.5. The van der Waals surface area contributed by atoms with Gasteiger partial charge in [0.15, 0.2) is 0 Å². The second-order valence-corrected chi connectivity index (χ2v) is 5.28. The third-order valence-electron chi connectivity index (χ3n) is 3.81. The lowest BCUT2D eigenvalue weighted by Gasteiger charge is -2.33. The Labute approximate surface area is 115 Å². The molecule has 0 atom stereocenters. The fraction of sp³-hybridized carbons (Fsp3) is 0.462. The highest BCUT2D eigenvalue weighted by Crippen LogP contribution is 2.41. The van der Waals surface area contributed by atoms with Crippen LogP contribution in [0.3, 0.4) is 0 Å². The fourth-order valence-corrected chi connectivity index (χ4v) is 2.92. The smallest absolute Gasteiger partial charge is 0.314 e. The molecule has 1 aromatic carbocycles. The highest BCUT2D eigenvalue weighted by molar-refractivity contribution is 6.32. The van der Waals surface area contributed by atoms with E-state index in [9.17, 15) is 20.0 Å². The standard InChI is InChI=1S/C13H14ClNO4/c14-10-5-4-9(8-11(10)15(18)19)13(12(16)17)6-2-1-3-7-13/h4-5,8H,1-3,6-7H2,(H,16,17). The van der Waals surface area contributed by atoms with Crippen LogP contribution in [0.15, 0.2) is 18.2 Å². The van der Waals surface area contributed by atoms with Crippen LogP contribution in [0.1, 0.15) is 37.7 Å². The van der Waals surface area contributed by atoms with E-state index < -0.39 is 16.3 Å². The van der Waals surface area contributed by atoms with Crippen LogP contribution in [-0.4, -0.2) is 16.0 Å². The molecule has 1 N–H and O–H groups in total. The normalized spacial score (nSPS) is 17.9. The minimum atomic E-state index is -1.01. The summed E-state index contributed by atoms with van der Waals surface area (Å²) in [4.78, 5) is 22.0. The van der Waals surface area contributed by atoms with Crippen LogP contribution >= 0.6 is 11.6 Å². The predicted molar refractivity (Wildman–Crippen MR) is 70.5 cm³/mol. The maximum atomic E-state index is 11.6. The first-order valence-electron chi connectivity index (χ1n) is 6.15. The van der Waals surface area contributed by atoms with Crippen molar-refractivity contribution in [2.75, 3.05) is 0 Å². The molecule has 1 saturated carbocycles. The summed E-state index contributed by atoms with van der Waals surface area (Å²) < 4.78 is 0. The summed E-state index contributed by atoms with van der Waals surface area (Å²) >= 11 is 5.77. The number of rotatable bonds is 3.